The van der Waals surface area contributed by atoms with Gasteiger partial charge >= 0.3 is 0 Å². The average Bonchev–Trinajstić information content (AvgIpc) is 2.57. The molecule has 2 aromatic carbocycles. The number of ketones is 1. The number of carbonyl (C=O) groups is 1. The van der Waals surface area contributed by atoms with Crippen molar-refractivity contribution in [2.75, 3.05) is 13.1 Å². The van der Waals surface area contributed by atoms with Crippen LogP contribution in [0.2, 0.25) is 10.0 Å². The van der Waals surface area contributed by atoms with E-state index in [4.69, 9.17) is 23.2 Å². The number of hydrogen-bond donors (Lipinski definition) is 1. The van der Waals surface area contributed by atoms with Gasteiger partial charge in [0, 0.05) is 11.5 Å². The maximum Gasteiger partial charge on any atom is 0.166 e. The Hall–Kier alpha value is -1.35. The van der Waals surface area contributed by atoms with Crippen LogP contribution in [0.15, 0.2) is 48.5 Å². The van der Waals surface area contributed by atoms with E-state index in [0.29, 0.717) is 15.6 Å². The molecular weight excluding hydrogens is 329 g/mol. The molecule has 0 aliphatic carbocycles. The number of benzene rings is 2. The summed E-state index contributed by atoms with van der Waals surface area (Å²) in [6.45, 7) is 3.78. The molecule has 1 unspecified atom stereocenters. The molecule has 0 radical (unpaired) electrons. The van der Waals surface area contributed by atoms with Crippen LogP contribution in [0, 0.1) is 5.92 Å². The molecule has 1 N–H and O–H groups in total. The summed E-state index contributed by atoms with van der Waals surface area (Å²) in [7, 11) is 0. The van der Waals surface area contributed by atoms with Gasteiger partial charge in [-0.25, -0.2) is 0 Å². The number of carbonyl (C=O) groups excluding carboxylic acids is 1. The summed E-state index contributed by atoms with van der Waals surface area (Å²) >= 11 is 12.0. The molecule has 1 atom stereocenters. The van der Waals surface area contributed by atoms with Gasteiger partial charge in [-0.05, 0) is 49.7 Å². The lowest BCUT2D eigenvalue weighted by Gasteiger charge is -2.17. The first-order chi connectivity index (χ1) is 11.1. The SMILES string of the molecule is CCNCCC(Cc1ccccc1)C(=O)c1ccc(Cl)c(Cl)c1. The molecule has 0 amide bonds. The molecule has 0 bridgehead atoms. The number of rotatable bonds is 8. The molecular formula is C19H21Cl2NO. The summed E-state index contributed by atoms with van der Waals surface area (Å²) in [4.78, 5) is 12.9. The topological polar surface area (TPSA) is 29.1 Å². The van der Waals surface area contributed by atoms with Crippen LogP contribution < -0.4 is 5.32 Å². The molecule has 0 aliphatic heterocycles. The minimum atomic E-state index is -0.0753. The first-order valence-corrected chi connectivity index (χ1v) is 8.61. The van der Waals surface area contributed by atoms with Crippen LogP contribution in [0.25, 0.3) is 0 Å². The third-order valence-electron chi connectivity index (χ3n) is 3.82. The quantitative estimate of drug-likeness (QED) is 0.534. The maximum absolute atomic E-state index is 12.9. The molecule has 0 heterocycles. The van der Waals surface area contributed by atoms with E-state index in [-0.39, 0.29) is 11.7 Å². The smallest absolute Gasteiger partial charge is 0.166 e. The fraction of sp³-hybridized carbons (Fsp3) is 0.316. The second-order valence-electron chi connectivity index (χ2n) is 5.52. The van der Waals surface area contributed by atoms with Crippen molar-refractivity contribution in [2.45, 2.75) is 19.8 Å². The second-order valence-corrected chi connectivity index (χ2v) is 6.34. The molecule has 122 valence electrons. The highest BCUT2D eigenvalue weighted by Gasteiger charge is 2.21. The lowest BCUT2D eigenvalue weighted by Crippen LogP contribution is -2.24. The molecule has 23 heavy (non-hydrogen) atoms. The van der Waals surface area contributed by atoms with E-state index in [1.54, 1.807) is 18.2 Å². The third kappa shape index (κ3) is 5.35. The van der Waals surface area contributed by atoms with Crippen LogP contribution in [-0.4, -0.2) is 18.9 Å². The number of hydrogen-bond acceptors (Lipinski definition) is 2. The highest BCUT2D eigenvalue weighted by molar-refractivity contribution is 6.42. The third-order valence-corrected chi connectivity index (χ3v) is 4.56. The molecule has 0 saturated carbocycles. The van der Waals surface area contributed by atoms with Gasteiger partial charge in [0.1, 0.15) is 0 Å². The Morgan fingerprint density at radius 2 is 1.83 bits per heavy atom. The lowest BCUT2D eigenvalue weighted by molar-refractivity contribution is 0.0912. The molecule has 0 aromatic heterocycles. The van der Waals surface area contributed by atoms with Gasteiger partial charge in [-0.1, -0.05) is 60.5 Å². The highest BCUT2D eigenvalue weighted by atomic mass is 35.5. The monoisotopic (exact) mass is 349 g/mol. The van der Waals surface area contributed by atoms with Crippen molar-refractivity contribution in [3.05, 3.63) is 69.7 Å². The second kappa shape index (κ2) is 9.07. The van der Waals surface area contributed by atoms with Gasteiger partial charge in [-0.2, -0.15) is 0 Å². The standard InChI is InChI=1S/C19H21Cl2NO/c1-2-22-11-10-16(12-14-6-4-3-5-7-14)19(23)15-8-9-17(20)18(21)13-15/h3-9,13,16,22H,2,10-12H2,1H3. The van der Waals surface area contributed by atoms with Crippen molar-refractivity contribution < 1.29 is 4.79 Å². The predicted molar refractivity (Wildman–Crippen MR) is 97.6 cm³/mol. The highest BCUT2D eigenvalue weighted by Crippen LogP contribution is 2.25. The average molecular weight is 350 g/mol. The summed E-state index contributed by atoms with van der Waals surface area (Å²) in [5.41, 5.74) is 1.79. The maximum atomic E-state index is 12.9. The minimum Gasteiger partial charge on any atom is -0.317 e. The molecule has 4 heteroatoms. The zero-order valence-corrected chi connectivity index (χ0v) is 14.7. The van der Waals surface area contributed by atoms with Gasteiger partial charge in [0.15, 0.2) is 5.78 Å². The van der Waals surface area contributed by atoms with Crippen molar-refractivity contribution >= 4 is 29.0 Å². The van der Waals surface area contributed by atoms with Crippen LogP contribution in [0.4, 0.5) is 0 Å². The molecule has 0 aliphatic rings. The Bertz CT molecular complexity index is 643. The molecule has 0 fully saturated rings. The van der Waals surface area contributed by atoms with E-state index < -0.39 is 0 Å². The van der Waals surface area contributed by atoms with Crippen LogP contribution in [0.5, 0.6) is 0 Å². The van der Waals surface area contributed by atoms with E-state index in [0.717, 1.165) is 25.9 Å². The van der Waals surface area contributed by atoms with Gasteiger partial charge in [0.25, 0.3) is 0 Å². The number of nitrogens with one attached hydrogen (secondary N) is 1. The summed E-state index contributed by atoms with van der Waals surface area (Å²) in [5, 5.41) is 4.18. The van der Waals surface area contributed by atoms with E-state index in [1.165, 1.54) is 5.56 Å². The Balaban J connectivity index is 2.17. The fourth-order valence-electron chi connectivity index (χ4n) is 2.56. The molecule has 0 saturated heterocycles. The molecule has 2 aromatic rings. The van der Waals surface area contributed by atoms with Crippen molar-refractivity contribution in [1.29, 1.82) is 0 Å². The summed E-state index contributed by atoms with van der Waals surface area (Å²) in [5.74, 6) is 0.0408. The first-order valence-electron chi connectivity index (χ1n) is 7.85. The van der Waals surface area contributed by atoms with Crippen molar-refractivity contribution in [3.63, 3.8) is 0 Å². The van der Waals surface area contributed by atoms with Gasteiger partial charge < -0.3 is 5.32 Å². The zero-order chi connectivity index (χ0) is 16.7. The van der Waals surface area contributed by atoms with Crippen molar-refractivity contribution in [3.8, 4) is 0 Å². The minimum absolute atomic E-state index is 0.0753. The first kappa shape index (κ1) is 18.0. The normalized spacial score (nSPS) is 12.1. The van der Waals surface area contributed by atoms with Crippen molar-refractivity contribution in [2.24, 2.45) is 5.92 Å². The van der Waals surface area contributed by atoms with E-state index in [2.05, 4.69) is 24.4 Å². The van der Waals surface area contributed by atoms with E-state index in [1.807, 2.05) is 18.2 Å². The van der Waals surface area contributed by atoms with Gasteiger partial charge in [0.05, 0.1) is 10.0 Å². The molecule has 2 rings (SSSR count). The summed E-state index contributed by atoms with van der Waals surface area (Å²) < 4.78 is 0. The zero-order valence-electron chi connectivity index (χ0n) is 13.2. The Labute approximate surface area is 147 Å². The predicted octanol–water partition coefficient (Wildman–Crippen LogP) is 5.03. The number of halogens is 2. The van der Waals surface area contributed by atoms with Crippen molar-refractivity contribution in [1.82, 2.24) is 5.32 Å². The molecule has 0 spiro atoms. The summed E-state index contributed by atoms with van der Waals surface area (Å²) in [6.07, 6.45) is 1.52. The van der Waals surface area contributed by atoms with E-state index in [9.17, 15) is 4.79 Å². The largest absolute Gasteiger partial charge is 0.317 e. The van der Waals surface area contributed by atoms with Gasteiger partial charge in [-0.3, -0.25) is 4.79 Å². The Kier molecular flexibility index (Phi) is 7.10. The van der Waals surface area contributed by atoms with Gasteiger partial charge in [-0.15, -0.1) is 0 Å². The molecule has 2 nitrogen and oxygen atoms in total. The van der Waals surface area contributed by atoms with E-state index >= 15 is 0 Å². The number of Topliss-reactive ketones (excluding diaryl/α,β-unsaturated/α-hetero) is 1. The van der Waals surface area contributed by atoms with Crippen LogP contribution in [0.3, 0.4) is 0 Å². The Morgan fingerprint density at radius 1 is 1.09 bits per heavy atom. The lowest BCUT2D eigenvalue weighted by atomic mass is 9.88. The van der Waals surface area contributed by atoms with Crippen LogP contribution >= 0.6 is 23.2 Å². The van der Waals surface area contributed by atoms with Gasteiger partial charge in [0.2, 0.25) is 0 Å². The van der Waals surface area contributed by atoms with Crippen LogP contribution in [-0.2, 0) is 6.42 Å². The van der Waals surface area contributed by atoms with Crippen LogP contribution in [0.1, 0.15) is 29.3 Å². The Morgan fingerprint density at radius 3 is 2.48 bits per heavy atom. The fourth-order valence-corrected chi connectivity index (χ4v) is 2.86. The summed E-state index contributed by atoms with van der Waals surface area (Å²) in [6, 6.07) is 15.2.